The molecule has 0 saturated heterocycles. The van der Waals surface area contributed by atoms with Crippen molar-refractivity contribution in [2.75, 3.05) is 5.32 Å². The number of benzene rings is 1. The largest absolute Gasteiger partial charge is 0.481 e. The Morgan fingerprint density at radius 1 is 1.14 bits per heavy atom. The maximum atomic E-state index is 13.0. The minimum atomic E-state index is -1.07. The summed E-state index contributed by atoms with van der Waals surface area (Å²) in [5.41, 5.74) is 0.760. The molecule has 0 bridgehead atoms. The number of nitrogens with one attached hydrogen (secondary N) is 1. The van der Waals surface area contributed by atoms with E-state index in [4.69, 9.17) is 5.11 Å². The Bertz CT molecular complexity index is 940. The zero-order valence-corrected chi connectivity index (χ0v) is 16.1. The quantitative estimate of drug-likeness (QED) is 0.754. The Labute approximate surface area is 162 Å². The third-order valence-electron chi connectivity index (χ3n) is 5.10. The van der Waals surface area contributed by atoms with Gasteiger partial charge in [0.05, 0.1) is 13.0 Å². The Morgan fingerprint density at radius 2 is 1.82 bits per heavy atom. The van der Waals surface area contributed by atoms with Crippen molar-refractivity contribution in [2.24, 2.45) is 0 Å². The fraction of sp³-hybridized carbons (Fsp3) is 0.500. The molecule has 8 nitrogen and oxygen atoms in total. The highest BCUT2D eigenvalue weighted by atomic mass is 16.4. The molecule has 0 atom stereocenters. The number of rotatable bonds is 7. The number of carboxylic acids is 1. The molecule has 1 saturated carbocycles. The van der Waals surface area contributed by atoms with Gasteiger partial charge >= 0.3 is 17.3 Å². The summed E-state index contributed by atoms with van der Waals surface area (Å²) in [6, 6.07) is 7.96. The predicted molar refractivity (Wildman–Crippen MR) is 106 cm³/mol. The van der Waals surface area contributed by atoms with Crippen molar-refractivity contribution in [1.82, 2.24) is 14.1 Å². The van der Waals surface area contributed by atoms with Crippen molar-refractivity contribution in [3.63, 3.8) is 0 Å². The van der Waals surface area contributed by atoms with E-state index in [1.54, 1.807) is 0 Å². The summed E-state index contributed by atoms with van der Waals surface area (Å²) in [5, 5.41) is 12.2. The maximum Gasteiger partial charge on any atom is 0.354 e. The summed E-state index contributed by atoms with van der Waals surface area (Å²) in [7, 11) is 0. The van der Waals surface area contributed by atoms with Gasteiger partial charge in [-0.2, -0.15) is 4.98 Å². The van der Waals surface area contributed by atoms with E-state index < -0.39 is 17.3 Å². The van der Waals surface area contributed by atoms with Crippen LogP contribution < -0.4 is 16.7 Å². The molecule has 28 heavy (non-hydrogen) atoms. The van der Waals surface area contributed by atoms with Gasteiger partial charge in [-0.15, -0.1) is 0 Å². The van der Waals surface area contributed by atoms with Gasteiger partial charge in [-0.1, -0.05) is 49.1 Å². The van der Waals surface area contributed by atoms with Gasteiger partial charge in [0, 0.05) is 12.6 Å². The molecule has 1 aliphatic rings. The second kappa shape index (κ2) is 8.86. The van der Waals surface area contributed by atoms with Gasteiger partial charge in [-0.3, -0.25) is 9.36 Å². The smallest absolute Gasteiger partial charge is 0.354 e. The van der Waals surface area contributed by atoms with Crippen LogP contribution in [-0.4, -0.2) is 31.2 Å². The molecule has 0 amide bonds. The molecule has 3 rings (SSSR count). The SMILES string of the molecule is Cc1ccc(Cn2c(NC3CCCCC3)nc(=O)n(CCC(=O)O)c2=O)cc1. The summed E-state index contributed by atoms with van der Waals surface area (Å²) in [5.74, 6) is -0.810. The molecule has 1 aromatic heterocycles. The number of hydrogen-bond donors (Lipinski definition) is 2. The lowest BCUT2D eigenvalue weighted by molar-refractivity contribution is -0.137. The highest BCUT2D eigenvalue weighted by molar-refractivity contribution is 5.66. The molecule has 0 radical (unpaired) electrons. The van der Waals surface area contributed by atoms with Crippen LogP contribution in [0.1, 0.15) is 49.7 Å². The van der Waals surface area contributed by atoms with Gasteiger partial charge in [-0.05, 0) is 25.3 Å². The van der Waals surface area contributed by atoms with Crippen LogP contribution in [0.15, 0.2) is 33.9 Å². The van der Waals surface area contributed by atoms with Crippen LogP contribution in [-0.2, 0) is 17.9 Å². The van der Waals surface area contributed by atoms with Crippen LogP contribution in [0.5, 0.6) is 0 Å². The average Bonchev–Trinajstić information content (AvgIpc) is 2.67. The third-order valence-corrected chi connectivity index (χ3v) is 5.10. The van der Waals surface area contributed by atoms with Gasteiger partial charge in [-0.25, -0.2) is 14.2 Å². The fourth-order valence-electron chi connectivity index (χ4n) is 3.49. The normalized spacial score (nSPS) is 14.8. The number of carbonyl (C=O) groups is 1. The maximum absolute atomic E-state index is 13.0. The standard InChI is InChI=1S/C20H26N4O4/c1-14-7-9-15(10-8-14)13-24-18(21-16-5-3-2-4-6-16)22-19(27)23(20(24)28)12-11-17(25)26/h7-10,16H,2-6,11-13H2,1H3,(H,25,26)(H,21,22,27). The van der Waals surface area contributed by atoms with E-state index in [-0.39, 0.29) is 31.5 Å². The van der Waals surface area contributed by atoms with Gasteiger partial charge in [0.2, 0.25) is 5.95 Å². The fourth-order valence-corrected chi connectivity index (χ4v) is 3.49. The van der Waals surface area contributed by atoms with Crippen LogP contribution in [0.4, 0.5) is 5.95 Å². The highest BCUT2D eigenvalue weighted by Crippen LogP contribution is 2.20. The highest BCUT2D eigenvalue weighted by Gasteiger charge is 2.19. The third kappa shape index (κ3) is 4.88. The second-order valence-corrected chi connectivity index (χ2v) is 7.35. The van der Waals surface area contributed by atoms with E-state index in [0.29, 0.717) is 0 Å². The predicted octanol–water partition coefficient (Wildman–Crippen LogP) is 1.98. The molecule has 150 valence electrons. The van der Waals surface area contributed by atoms with E-state index in [0.717, 1.165) is 41.4 Å². The summed E-state index contributed by atoms with van der Waals surface area (Å²) in [6.45, 7) is 2.05. The number of hydrogen-bond acceptors (Lipinski definition) is 5. The van der Waals surface area contributed by atoms with Crippen molar-refractivity contribution in [3.05, 3.63) is 56.4 Å². The molecular weight excluding hydrogens is 360 g/mol. The van der Waals surface area contributed by atoms with Crippen molar-refractivity contribution >= 4 is 11.9 Å². The van der Waals surface area contributed by atoms with Gasteiger partial charge in [0.1, 0.15) is 0 Å². The summed E-state index contributed by atoms with van der Waals surface area (Å²) < 4.78 is 2.33. The molecule has 1 heterocycles. The number of carboxylic acid groups (broad SMARTS) is 1. The van der Waals surface area contributed by atoms with Crippen LogP contribution in [0, 0.1) is 6.92 Å². The molecule has 1 aliphatic carbocycles. The monoisotopic (exact) mass is 386 g/mol. The van der Waals surface area contributed by atoms with E-state index in [1.165, 1.54) is 11.0 Å². The zero-order valence-electron chi connectivity index (χ0n) is 16.1. The average molecular weight is 386 g/mol. The topological polar surface area (TPSA) is 106 Å². The Kier molecular flexibility index (Phi) is 6.28. The number of aryl methyl sites for hydroxylation is 1. The Morgan fingerprint density at radius 3 is 2.46 bits per heavy atom. The first-order valence-electron chi connectivity index (χ1n) is 9.69. The Balaban J connectivity index is 1.98. The lowest BCUT2D eigenvalue weighted by atomic mass is 9.96. The van der Waals surface area contributed by atoms with E-state index in [2.05, 4.69) is 10.3 Å². The minimum Gasteiger partial charge on any atom is -0.481 e. The Hall–Kier alpha value is -2.90. The van der Waals surface area contributed by atoms with Crippen LogP contribution in [0.2, 0.25) is 0 Å². The molecule has 2 aromatic rings. The van der Waals surface area contributed by atoms with Crippen molar-refractivity contribution in [1.29, 1.82) is 0 Å². The molecule has 1 fully saturated rings. The minimum absolute atomic E-state index is 0.180. The molecule has 1 aromatic carbocycles. The van der Waals surface area contributed by atoms with Crippen LogP contribution in [0.25, 0.3) is 0 Å². The van der Waals surface area contributed by atoms with Crippen molar-refractivity contribution in [3.8, 4) is 0 Å². The van der Waals surface area contributed by atoms with E-state index in [1.807, 2.05) is 31.2 Å². The second-order valence-electron chi connectivity index (χ2n) is 7.35. The zero-order chi connectivity index (χ0) is 20.1. The lowest BCUT2D eigenvalue weighted by Crippen LogP contribution is -2.44. The van der Waals surface area contributed by atoms with Gasteiger partial charge in [0.15, 0.2) is 0 Å². The molecule has 0 unspecified atom stereocenters. The number of nitrogens with zero attached hydrogens (tertiary/aromatic N) is 3. The first kappa shape index (κ1) is 19.9. The number of anilines is 1. The van der Waals surface area contributed by atoms with Crippen LogP contribution >= 0.6 is 0 Å². The molecule has 0 aliphatic heterocycles. The summed E-state index contributed by atoms with van der Waals surface area (Å²) in [6.07, 6.45) is 5.05. The van der Waals surface area contributed by atoms with Crippen molar-refractivity contribution < 1.29 is 9.90 Å². The van der Waals surface area contributed by atoms with E-state index >= 15 is 0 Å². The first-order chi connectivity index (χ1) is 13.4. The molecular formula is C20H26N4O4. The van der Waals surface area contributed by atoms with Gasteiger partial charge in [0.25, 0.3) is 0 Å². The summed E-state index contributed by atoms with van der Waals surface area (Å²) >= 11 is 0. The first-order valence-corrected chi connectivity index (χ1v) is 9.69. The number of aliphatic carboxylic acids is 1. The van der Waals surface area contributed by atoms with E-state index in [9.17, 15) is 14.4 Å². The van der Waals surface area contributed by atoms with Crippen LogP contribution in [0.3, 0.4) is 0 Å². The lowest BCUT2D eigenvalue weighted by Gasteiger charge is -2.25. The molecule has 8 heteroatoms. The van der Waals surface area contributed by atoms with Gasteiger partial charge < -0.3 is 10.4 Å². The summed E-state index contributed by atoms with van der Waals surface area (Å²) in [4.78, 5) is 40.3. The molecule has 2 N–H and O–H groups in total. The van der Waals surface area contributed by atoms with Crippen molar-refractivity contribution in [2.45, 2.75) is 64.6 Å². The number of aromatic nitrogens is 3. The molecule has 0 spiro atoms.